The van der Waals surface area contributed by atoms with E-state index in [2.05, 4.69) is 11.9 Å². The van der Waals surface area contributed by atoms with Crippen LogP contribution in [0.2, 0.25) is 0 Å². The van der Waals surface area contributed by atoms with E-state index in [9.17, 15) is 9.90 Å². The van der Waals surface area contributed by atoms with E-state index in [-0.39, 0.29) is 5.78 Å². The monoisotopic (exact) mass is 249 g/mol. The Morgan fingerprint density at radius 2 is 2.11 bits per heavy atom. The summed E-state index contributed by atoms with van der Waals surface area (Å²) >= 11 is 0. The second-order valence-electron chi connectivity index (χ2n) is 5.16. The van der Waals surface area contributed by atoms with Gasteiger partial charge in [0.15, 0.2) is 5.78 Å². The highest BCUT2D eigenvalue weighted by atomic mass is 16.5. The van der Waals surface area contributed by atoms with Crippen LogP contribution < -0.4 is 4.74 Å². The lowest BCUT2D eigenvalue weighted by atomic mass is 9.76. The predicted octanol–water partition coefficient (Wildman–Crippen LogP) is 2.21. The van der Waals surface area contributed by atoms with Gasteiger partial charge in [-0.05, 0) is 37.7 Å². The fourth-order valence-corrected chi connectivity index (χ4v) is 2.39. The molecule has 0 aliphatic heterocycles. The SMILES string of the molecule is COc1cncc(C(=O)C2(O)CCC(C)CC2)c1. The smallest absolute Gasteiger partial charge is 0.196 e. The van der Waals surface area contributed by atoms with Crippen LogP contribution in [0.5, 0.6) is 5.75 Å². The van der Waals surface area contributed by atoms with E-state index < -0.39 is 5.60 Å². The average Bonchev–Trinajstić information content (AvgIpc) is 2.41. The summed E-state index contributed by atoms with van der Waals surface area (Å²) in [6, 6.07) is 1.63. The number of hydrogen-bond acceptors (Lipinski definition) is 4. The molecule has 1 aliphatic carbocycles. The summed E-state index contributed by atoms with van der Waals surface area (Å²) in [5, 5.41) is 10.5. The number of carbonyl (C=O) groups is 1. The fraction of sp³-hybridized carbons (Fsp3) is 0.571. The number of rotatable bonds is 3. The predicted molar refractivity (Wildman–Crippen MR) is 67.7 cm³/mol. The Hall–Kier alpha value is -1.42. The zero-order valence-corrected chi connectivity index (χ0v) is 10.8. The Labute approximate surface area is 107 Å². The van der Waals surface area contributed by atoms with E-state index in [4.69, 9.17) is 4.74 Å². The van der Waals surface area contributed by atoms with Gasteiger partial charge in [-0.1, -0.05) is 6.92 Å². The van der Waals surface area contributed by atoms with Gasteiger partial charge in [-0.2, -0.15) is 0 Å². The maximum absolute atomic E-state index is 12.4. The van der Waals surface area contributed by atoms with Crippen molar-refractivity contribution in [2.24, 2.45) is 5.92 Å². The molecule has 2 rings (SSSR count). The van der Waals surface area contributed by atoms with Crippen molar-refractivity contribution in [1.82, 2.24) is 4.98 Å². The molecule has 98 valence electrons. The van der Waals surface area contributed by atoms with Crippen LogP contribution in [0.4, 0.5) is 0 Å². The van der Waals surface area contributed by atoms with Gasteiger partial charge in [0.05, 0.1) is 13.3 Å². The third-order valence-corrected chi connectivity index (χ3v) is 3.74. The Balaban J connectivity index is 2.19. The van der Waals surface area contributed by atoms with Gasteiger partial charge in [-0.15, -0.1) is 0 Å². The molecular formula is C14H19NO3. The first-order valence-electron chi connectivity index (χ1n) is 6.31. The molecule has 1 fully saturated rings. The van der Waals surface area contributed by atoms with E-state index in [1.54, 1.807) is 12.3 Å². The molecule has 1 N–H and O–H groups in total. The Kier molecular flexibility index (Phi) is 3.66. The van der Waals surface area contributed by atoms with Crippen molar-refractivity contribution >= 4 is 5.78 Å². The van der Waals surface area contributed by atoms with E-state index in [0.29, 0.717) is 30.1 Å². The van der Waals surface area contributed by atoms with Crippen LogP contribution in [-0.2, 0) is 0 Å². The second-order valence-corrected chi connectivity index (χ2v) is 5.16. The van der Waals surface area contributed by atoms with Gasteiger partial charge in [0.25, 0.3) is 0 Å². The van der Waals surface area contributed by atoms with Crippen molar-refractivity contribution in [1.29, 1.82) is 0 Å². The zero-order chi connectivity index (χ0) is 13.2. The molecule has 4 nitrogen and oxygen atoms in total. The molecule has 0 amide bonds. The van der Waals surface area contributed by atoms with Crippen LogP contribution in [0, 0.1) is 5.92 Å². The van der Waals surface area contributed by atoms with Gasteiger partial charge in [-0.3, -0.25) is 9.78 Å². The van der Waals surface area contributed by atoms with Crippen LogP contribution in [0.25, 0.3) is 0 Å². The first-order valence-corrected chi connectivity index (χ1v) is 6.31. The van der Waals surface area contributed by atoms with Crippen molar-refractivity contribution in [2.75, 3.05) is 7.11 Å². The summed E-state index contributed by atoms with van der Waals surface area (Å²) < 4.78 is 5.05. The molecule has 0 unspecified atom stereocenters. The minimum Gasteiger partial charge on any atom is -0.495 e. The number of Topliss-reactive ketones (excluding diaryl/α,β-unsaturated/α-hetero) is 1. The number of pyridine rings is 1. The molecule has 0 atom stereocenters. The Morgan fingerprint density at radius 3 is 2.72 bits per heavy atom. The lowest BCUT2D eigenvalue weighted by Crippen LogP contribution is -2.41. The van der Waals surface area contributed by atoms with Crippen LogP contribution in [0.1, 0.15) is 43.0 Å². The summed E-state index contributed by atoms with van der Waals surface area (Å²) in [6.45, 7) is 2.15. The highest BCUT2D eigenvalue weighted by Gasteiger charge is 2.39. The number of aliphatic hydroxyl groups is 1. The minimum atomic E-state index is -1.22. The molecule has 0 bridgehead atoms. The molecule has 0 radical (unpaired) electrons. The van der Waals surface area contributed by atoms with Crippen LogP contribution in [0.15, 0.2) is 18.5 Å². The fourth-order valence-electron chi connectivity index (χ4n) is 2.39. The Bertz CT molecular complexity index is 436. The van der Waals surface area contributed by atoms with Crippen molar-refractivity contribution in [3.05, 3.63) is 24.0 Å². The normalized spacial score (nSPS) is 27.8. The van der Waals surface area contributed by atoms with Gasteiger partial charge >= 0.3 is 0 Å². The van der Waals surface area contributed by atoms with Crippen LogP contribution in [0.3, 0.4) is 0 Å². The standard InChI is InChI=1S/C14H19NO3/c1-10-3-5-14(17,6-4-10)13(16)11-7-12(18-2)9-15-8-11/h7-10,17H,3-6H2,1-2H3. The lowest BCUT2D eigenvalue weighted by molar-refractivity contribution is 0.00421. The van der Waals surface area contributed by atoms with Gasteiger partial charge < -0.3 is 9.84 Å². The van der Waals surface area contributed by atoms with Crippen molar-refractivity contribution in [2.45, 2.75) is 38.2 Å². The zero-order valence-electron chi connectivity index (χ0n) is 10.8. The molecule has 0 spiro atoms. The number of aromatic nitrogens is 1. The third kappa shape index (κ3) is 2.53. The molecule has 0 saturated heterocycles. The van der Waals surface area contributed by atoms with Crippen LogP contribution >= 0.6 is 0 Å². The summed E-state index contributed by atoms with van der Waals surface area (Å²) in [7, 11) is 1.53. The van der Waals surface area contributed by atoms with Gasteiger partial charge in [0.2, 0.25) is 0 Å². The number of ether oxygens (including phenoxy) is 1. The minimum absolute atomic E-state index is 0.235. The lowest BCUT2D eigenvalue weighted by Gasteiger charge is -2.33. The molecule has 1 aliphatic rings. The number of carbonyl (C=O) groups excluding carboxylic acids is 1. The van der Waals surface area contributed by atoms with Crippen LogP contribution in [-0.4, -0.2) is 28.6 Å². The highest BCUT2D eigenvalue weighted by molar-refractivity contribution is 6.02. The van der Waals surface area contributed by atoms with E-state index in [0.717, 1.165) is 12.8 Å². The Morgan fingerprint density at radius 1 is 1.44 bits per heavy atom. The van der Waals surface area contributed by atoms with Crippen molar-refractivity contribution in [3.8, 4) is 5.75 Å². The molecule has 0 aromatic carbocycles. The number of nitrogens with zero attached hydrogens (tertiary/aromatic N) is 1. The quantitative estimate of drug-likeness (QED) is 0.834. The topological polar surface area (TPSA) is 59.4 Å². The van der Waals surface area contributed by atoms with Gasteiger partial charge in [-0.25, -0.2) is 0 Å². The molecular weight excluding hydrogens is 230 g/mol. The number of ketones is 1. The third-order valence-electron chi connectivity index (χ3n) is 3.74. The maximum atomic E-state index is 12.4. The largest absolute Gasteiger partial charge is 0.495 e. The number of methoxy groups -OCH3 is 1. The first kappa shape index (κ1) is 13.0. The second kappa shape index (κ2) is 5.06. The highest BCUT2D eigenvalue weighted by Crippen LogP contribution is 2.34. The van der Waals surface area contributed by atoms with E-state index >= 15 is 0 Å². The molecule has 4 heteroatoms. The molecule has 1 aromatic heterocycles. The summed E-state index contributed by atoms with van der Waals surface area (Å²) in [5.74, 6) is 0.885. The summed E-state index contributed by atoms with van der Waals surface area (Å²) in [5.41, 5.74) is -0.799. The molecule has 1 heterocycles. The van der Waals surface area contributed by atoms with Gasteiger partial charge in [0.1, 0.15) is 11.4 Å². The summed E-state index contributed by atoms with van der Waals surface area (Å²) in [6.07, 6.45) is 5.87. The van der Waals surface area contributed by atoms with Gasteiger partial charge in [0, 0.05) is 11.8 Å². The summed E-state index contributed by atoms with van der Waals surface area (Å²) in [4.78, 5) is 16.3. The average molecular weight is 249 g/mol. The molecule has 1 saturated carbocycles. The molecule has 18 heavy (non-hydrogen) atoms. The van der Waals surface area contributed by atoms with E-state index in [1.807, 2.05) is 0 Å². The number of hydrogen-bond donors (Lipinski definition) is 1. The first-order chi connectivity index (χ1) is 8.55. The molecule has 1 aromatic rings. The van der Waals surface area contributed by atoms with E-state index in [1.165, 1.54) is 13.3 Å². The van der Waals surface area contributed by atoms with Crippen molar-refractivity contribution in [3.63, 3.8) is 0 Å². The van der Waals surface area contributed by atoms with Crippen molar-refractivity contribution < 1.29 is 14.6 Å². The maximum Gasteiger partial charge on any atom is 0.196 e.